The molecule has 2 heterocycles. The third-order valence-electron chi connectivity index (χ3n) is 5.43. The third-order valence-corrected chi connectivity index (χ3v) is 6.42. The van der Waals surface area contributed by atoms with Crippen molar-refractivity contribution in [3.63, 3.8) is 0 Å². The van der Waals surface area contributed by atoms with Crippen molar-refractivity contribution in [1.29, 1.82) is 0 Å². The first kappa shape index (κ1) is 15.1. The van der Waals surface area contributed by atoms with Crippen molar-refractivity contribution >= 4 is 11.8 Å². The summed E-state index contributed by atoms with van der Waals surface area (Å²) in [4.78, 5) is 0. The van der Waals surface area contributed by atoms with Gasteiger partial charge in [-0.25, -0.2) is 0 Å². The number of hydrogen-bond acceptors (Lipinski definition) is 4. The van der Waals surface area contributed by atoms with Crippen molar-refractivity contribution < 1.29 is 9.84 Å². The van der Waals surface area contributed by atoms with Gasteiger partial charge in [-0.05, 0) is 55.9 Å². The van der Waals surface area contributed by atoms with Crippen LogP contribution in [0.2, 0.25) is 0 Å². The molecule has 3 unspecified atom stereocenters. The Morgan fingerprint density at radius 1 is 1.15 bits per heavy atom. The number of rotatable bonds is 3. The molecule has 2 saturated heterocycles. The first-order valence-corrected chi connectivity index (χ1v) is 9.56. The molecule has 0 bridgehead atoms. The quantitative estimate of drug-likeness (QED) is 0.840. The van der Waals surface area contributed by atoms with Crippen LogP contribution in [0.25, 0.3) is 0 Å². The third kappa shape index (κ3) is 3.70. The zero-order valence-corrected chi connectivity index (χ0v) is 13.3. The lowest BCUT2D eigenvalue weighted by Crippen LogP contribution is -2.50. The molecule has 2 aliphatic heterocycles. The minimum Gasteiger partial charge on any atom is -0.393 e. The fraction of sp³-hybridized carbons (Fsp3) is 1.00. The zero-order chi connectivity index (χ0) is 13.8. The molecule has 20 heavy (non-hydrogen) atoms. The van der Waals surface area contributed by atoms with Crippen LogP contribution in [0, 0.1) is 5.92 Å². The largest absolute Gasteiger partial charge is 0.393 e. The summed E-state index contributed by atoms with van der Waals surface area (Å²) in [7, 11) is 0. The summed E-state index contributed by atoms with van der Waals surface area (Å²) in [6.07, 6.45) is 9.38. The van der Waals surface area contributed by atoms with Crippen molar-refractivity contribution in [2.24, 2.45) is 5.92 Å². The summed E-state index contributed by atoms with van der Waals surface area (Å²) in [5.41, 5.74) is 0.173. The summed E-state index contributed by atoms with van der Waals surface area (Å²) in [5, 5.41) is 13.8. The second-order valence-electron chi connectivity index (χ2n) is 6.85. The molecule has 1 spiro atoms. The highest BCUT2D eigenvalue weighted by atomic mass is 32.2. The number of nitrogens with one attached hydrogen (secondary N) is 1. The van der Waals surface area contributed by atoms with Gasteiger partial charge < -0.3 is 15.2 Å². The van der Waals surface area contributed by atoms with Crippen LogP contribution in [0.3, 0.4) is 0 Å². The number of ether oxygens (including phenoxy) is 1. The molecule has 3 aliphatic rings. The predicted molar refractivity (Wildman–Crippen MR) is 84.2 cm³/mol. The van der Waals surface area contributed by atoms with Gasteiger partial charge in [0.05, 0.1) is 11.7 Å². The van der Waals surface area contributed by atoms with E-state index in [9.17, 15) is 5.11 Å². The van der Waals surface area contributed by atoms with Gasteiger partial charge in [0.25, 0.3) is 0 Å². The number of thioether (sulfide) groups is 1. The van der Waals surface area contributed by atoms with Crippen molar-refractivity contribution in [3.8, 4) is 0 Å². The van der Waals surface area contributed by atoms with Gasteiger partial charge in [0.1, 0.15) is 0 Å². The van der Waals surface area contributed by atoms with E-state index in [-0.39, 0.29) is 11.7 Å². The highest BCUT2D eigenvalue weighted by molar-refractivity contribution is 7.99. The summed E-state index contributed by atoms with van der Waals surface area (Å²) < 4.78 is 6.15. The van der Waals surface area contributed by atoms with E-state index in [1.807, 2.05) is 0 Å². The van der Waals surface area contributed by atoms with Crippen LogP contribution in [0.4, 0.5) is 0 Å². The molecule has 116 valence electrons. The fourth-order valence-electron chi connectivity index (χ4n) is 4.04. The molecular formula is C16H29NO2S. The molecule has 0 aromatic rings. The molecule has 3 atom stereocenters. The molecular weight excluding hydrogens is 270 g/mol. The van der Waals surface area contributed by atoms with Crippen LogP contribution in [0.5, 0.6) is 0 Å². The van der Waals surface area contributed by atoms with Crippen LogP contribution < -0.4 is 5.32 Å². The van der Waals surface area contributed by atoms with Crippen molar-refractivity contribution in [2.75, 3.05) is 24.7 Å². The Morgan fingerprint density at radius 2 is 1.95 bits per heavy atom. The lowest BCUT2D eigenvalue weighted by Gasteiger charge is -2.44. The molecule has 4 heteroatoms. The zero-order valence-electron chi connectivity index (χ0n) is 12.5. The molecule has 0 amide bonds. The van der Waals surface area contributed by atoms with Gasteiger partial charge in [-0.15, -0.1) is 0 Å². The maximum absolute atomic E-state index is 10.1. The lowest BCUT2D eigenvalue weighted by atomic mass is 9.84. The minimum atomic E-state index is -0.0730. The van der Waals surface area contributed by atoms with Crippen molar-refractivity contribution in [2.45, 2.75) is 69.1 Å². The average Bonchev–Trinajstić information content (AvgIpc) is 2.47. The maximum atomic E-state index is 10.1. The van der Waals surface area contributed by atoms with Gasteiger partial charge in [0.15, 0.2) is 0 Å². The smallest absolute Gasteiger partial charge is 0.0713 e. The van der Waals surface area contributed by atoms with Crippen LogP contribution in [0.15, 0.2) is 0 Å². The van der Waals surface area contributed by atoms with E-state index >= 15 is 0 Å². The standard InChI is InChI=1S/C16H29NO2S/c18-15-4-2-1-3-13(15)12-17-14-5-8-19-16(11-14)6-9-20-10-7-16/h13-15,17-18H,1-12H2. The van der Waals surface area contributed by atoms with E-state index < -0.39 is 0 Å². The van der Waals surface area contributed by atoms with Gasteiger partial charge in [-0.3, -0.25) is 0 Å². The summed E-state index contributed by atoms with van der Waals surface area (Å²) in [5.74, 6) is 2.99. The average molecular weight is 299 g/mol. The van der Waals surface area contributed by atoms with Gasteiger partial charge in [-0.2, -0.15) is 11.8 Å². The Hall–Kier alpha value is 0.230. The number of aliphatic hydroxyl groups excluding tert-OH is 1. The normalized spacial score (nSPS) is 38.0. The molecule has 1 saturated carbocycles. The first-order valence-electron chi connectivity index (χ1n) is 8.41. The summed E-state index contributed by atoms with van der Waals surface area (Å²) in [6, 6.07) is 0.598. The monoisotopic (exact) mass is 299 g/mol. The van der Waals surface area contributed by atoms with Gasteiger partial charge in [0, 0.05) is 19.2 Å². The Bertz CT molecular complexity index is 301. The minimum absolute atomic E-state index is 0.0730. The second-order valence-corrected chi connectivity index (χ2v) is 8.08. The Morgan fingerprint density at radius 3 is 2.75 bits per heavy atom. The van der Waals surface area contributed by atoms with Gasteiger partial charge in [-0.1, -0.05) is 12.8 Å². The summed E-state index contributed by atoms with van der Waals surface area (Å²) in [6.45, 7) is 1.91. The van der Waals surface area contributed by atoms with E-state index in [2.05, 4.69) is 17.1 Å². The molecule has 0 aromatic heterocycles. The summed E-state index contributed by atoms with van der Waals surface area (Å²) >= 11 is 2.07. The van der Waals surface area contributed by atoms with Gasteiger partial charge in [0.2, 0.25) is 0 Å². The lowest BCUT2D eigenvalue weighted by molar-refractivity contribution is -0.0939. The van der Waals surface area contributed by atoms with E-state index in [4.69, 9.17) is 4.74 Å². The Kier molecular flexibility index (Phi) is 5.29. The van der Waals surface area contributed by atoms with E-state index in [0.29, 0.717) is 12.0 Å². The van der Waals surface area contributed by atoms with Gasteiger partial charge >= 0.3 is 0 Å². The molecule has 3 nitrogen and oxygen atoms in total. The SMILES string of the molecule is OC1CCCCC1CNC1CCOC2(CCSCC2)C1. The van der Waals surface area contributed by atoms with Crippen molar-refractivity contribution in [1.82, 2.24) is 5.32 Å². The van der Waals surface area contributed by atoms with Crippen molar-refractivity contribution in [3.05, 3.63) is 0 Å². The van der Waals surface area contributed by atoms with Crippen LogP contribution >= 0.6 is 11.8 Å². The molecule has 2 N–H and O–H groups in total. The van der Waals surface area contributed by atoms with E-state index in [1.54, 1.807) is 0 Å². The topological polar surface area (TPSA) is 41.5 Å². The number of aliphatic hydroxyl groups is 1. The number of hydrogen-bond donors (Lipinski definition) is 2. The Balaban J connectivity index is 1.47. The highest BCUT2D eigenvalue weighted by Gasteiger charge is 2.38. The Labute approximate surface area is 127 Å². The highest BCUT2D eigenvalue weighted by Crippen LogP contribution is 2.37. The van der Waals surface area contributed by atoms with E-state index in [1.165, 1.54) is 50.0 Å². The molecule has 0 aromatic carbocycles. The second kappa shape index (κ2) is 6.99. The molecule has 3 rings (SSSR count). The van der Waals surface area contributed by atoms with Crippen LogP contribution in [-0.4, -0.2) is 47.5 Å². The molecule has 1 aliphatic carbocycles. The molecule has 0 radical (unpaired) electrons. The first-order chi connectivity index (χ1) is 9.77. The fourth-order valence-corrected chi connectivity index (χ4v) is 5.27. The predicted octanol–water partition coefficient (Wildman–Crippen LogP) is 2.57. The van der Waals surface area contributed by atoms with E-state index in [0.717, 1.165) is 26.0 Å². The maximum Gasteiger partial charge on any atom is 0.0713 e. The van der Waals surface area contributed by atoms with Crippen LogP contribution in [-0.2, 0) is 4.74 Å². The molecule has 3 fully saturated rings. The van der Waals surface area contributed by atoms with Crippen LogP contribution in [0.1, 0.15) is 51.4 Å².